The molecule has 0 amide bonds. The van der Waals surface area contributed by atoms with Crippen LogP contribution in [0.5, 0.6) is 0 Å². The Hall–Kier alpha value is -0.900. The number of piperazine rings is 1. The second-order valence-corrected chi connectivity index (χ2v) is 10.1. The molecule has 0 unspecified atom stereocenters. The van der Waals surface area contributed by atoms with E-state index in [-0.39, 0.29) is 24.0 Å². The van der Waals surface area contributed by atoms with Crippen LogP contribution in [0.1, 0.15) is 41.5 Å². The van der Waals surface area contributed by atoms with Crippen LogP contribution in [-0.2, 0) is 14.8 Å². The lowest BCUT2D eigenvalue weighted by Crippen LogP contribution is -2.54. The minimum atomic E-state index is -3.27. The zero-order chi connectivity index (χ0) is 20.5. The summed E-state index contributed by atoms with van der Waals surface area (Å²) in [7, 11) is -3.27. The van der Waals surface area contributed by atoms with Crippen molar-refractivity contribution < 1.29 is 13.2 Å². The predicted molar refractivity (Wildman–Crippen MR) is 112 cm³/mol. The Kier molecular flexibility index (Phi) is 10.0. The van der Waals surface area contributed by atoms with Crippen LogP contribution in [0, 0.1) is 0 Å². The van der Waals surface area contributed by atoms with Gasteiger partial charge < -0.3 is 20.3 Å². The second-order valence-electron chi connectivity index (χ2n) is 8.03. The third kappa shape index (κ3) is 9.73. The van der Waals surface area contributed by atoms with Crippen molar-refractivity contribution in [2.24, 2.45) is 4.99 Å². The molecule has 0 saturated carbocycles. The van der Waals surface area contributed by atoms with Crippen LogP contribution in [0.25, 0.3) is 0 Å². The number of guanidine groups is 1. The van der Waals surface area contributed by atoms with Crippen molar-refractivity contribution in [2.75, 3.05) is 58.2 Å². The molecule has 1 aliphatic rings. The maximum Gasteiger partial charge on any atom is 0.216 e. The summed E-state index contributed by atoms with van der Waals surface area (Å²) >= 11 is 0. The van der Waals surface area contributed by atoms with Crippen LogP contribution in [0.2, 0.25) is 0 Å². The van der Waals surface area contributed by atoms with E-state index in [1.807, 2.05) is 20.8 Å². The fourth-order valence-electron chi connectivity index (χ4n) is 2.71. The van der Waals surface area contributed by atoms with Crippen molar-refractivity contribution in [2.45, 2.75) is 53.2 Å². The molecule has 0 aromatic rings. The van der Waals surface area contributed by atoms with Crippen LogP contribution in [0.15, 0.2) is 4.99 Å². The summed E-state index contributed by atoms with van der Waals surface area (Å²) < 4.78 is 31.8. The van der Waals surface area contributed by atoms with Gasteiger partial charge in [0.05, 0.1) is 25.0 Å². The third-order valence-electron chi connectivity index (χ3n) is 4.09. The molecule has 0 aromatic heterocycles. The van der Waals surface area contributed by atoms with E-state index in [2.05, 4.69) is 41.3 Å². The lowest BCUT2D eigenvalue weighted by Gasteiger charge is -2.36. The van der Waals surface area contributed by atoms with E-state index in [1.54, 1.807) is 4.31 Å². The number of aliphatic imine (C=N–C) groups is 1. The van der Waals surface area contributed by atoms with Gasteiger partial charge in [0.25, 0.3) is 0 Å². The molecular formula is C18H39N5O3S. The highest BCUT2D eigenvalue weighted by Crippen LogP contribution is 2.09. The van der Waals surface area contributed by atoms with E-state index in [4.69, 9.17) is 4.74 Å². The average molecular weight is 406 g/mol. The summed E-state index contributed by atoms with van der Waals surface area (Å²) in [4.78, 5) is 6.81. The molecule has 0 atom stereocenters. The van der Waals surface area contributed by atoms with Crippen LogP contribution in [0.4, 0.5) is 0 Å². The van der Waals surface area contributed by atoms with Crippen molar-refractivity contribution in [3.05, 3.63) is 0 Å². The third-order valence-corrected chi connectivity index (χ3v) is 5.92. The Morgan fingerprint density at radius 2 is 1.81 bits per heavy atom. The number of hydrogen-bond acceptors (Lipinski definition) is 5. The molecule has 0 bridgehead atoms. The number of nitrogens with one attached hydrogen (secondary N) is 2. The molecule has 1 rings (SSSR count). The summed E-state index contributed by atoms with van der Waals surface area (Å²) in [5, 5.41) is 6.73. The Morgan fingerprint density at radius 3 is 2.33 bits per heavy atom. The molecule has 27 heavy (non-hydrogen) atoms. The summed E-state index contributed by atoms with van der Waals surface area (Å²) in [5.41, 5.74) is 0.0765. The van der Waals surface area contributed by atoms with Crippen LogP contribution < -0.4 is 10.6 Å². The van der Waals surface area contributed by atoms with Crippen molar-refractivity contribution in [3.63, 3.8) is 0 Å². The Morgan fingerprint density at radius 1 is 1.19 bits per heavy atom. The Balaban J connectivity index is 2.53. The van der Waals surface area contributed by atoms with Gasteiger partial charge in [-0.3, -0.25) is 4.99 Å². The zero-order valence-electron chi connectivity index (χ0n) is 17.9. The molecule has 0 aliphatic carbocycles. The van der Waals surface area contributed by atoms with E-state index in [9.17, 15) is 8.42 Å². The van der Waals surface area contributed by atoms with Gasteiger partial charge in [0.1, 0.15) is 0 Å². The Bertz CT molecular complexity index is 550. The van der Waals surface area contributed by atoms with Gasteiger partial charge in [-0.05, 0) is 41.5 Å². The Labute approximate surface area is 165 Å². The number of ether oxygens (including phenoxy) is 1. The van der Waals surface area contributed by atoms with E-state index in [0.29, 0.717) is 32.7 Å². The van der Waals surface area contributed by atoms with Gasteiger partial charge in [0.2, 0.25) is 10.0 Å². The molecule has 2 N–H and O–H groups in total. The largest absolute Gasteiger partial charge is 0.378 e. The topological polar surface area (TPSA) is 86.3 Å². The fraction of sp³-hybridized carbons (Fsp3) is 0.944. The normalized spacial score (nSPS) is 17.6. The van der Waals surface area contributed by atoms with E-state index >= 15 is 0 Å². The smallest absolute Gasteiger partial charge is 0.216 e. The highest BCUT2D eigenvalue weighted by molar-refractivity contribution is 7.89. The van der Waals surface area contributed by atoms with Gasteiger partial charge in [0.15, 0.2) is 5.96 Å². The van der Waals surface area contributed by atoms with Crippen LogP contribution in [-0.4, -0.2) is 93.4 Å². The first kappa shape index (κ1) is 24.1. The molecule has 160 valence electrons. The first-order valence-corrected chi connectivity index (χ1v) is 11.5. The van der Waals surface area contributed by atoms with E-state index in [0.717, 1.165) is 19.0 Å². The van der Waals surface area contributed by atoms with Crippen LogP contribution in [0.3, 0.4) is 0 Å². The summed E-state index contributed by atoms with van der Waals surface area (Å²) in [6, 6.07) is 0. The maximum atomic E-state index is 12.4. The lowest BCUT2D eigenvalue weighted by atomic mass is 10.1. The molecule has 9 heteroatoms. The molecule has 0 aromatic carbocycles. The molecular weight excluding hydrogens is 366 g/mol. The molecule has 1 aliphatic heterocycles. The van der Waals surface area contributed by atoms with Crippen molar-refractivity contribution in [3.8, 4) is 0 Å². The van der Waals surface area contributed by atoms with Crippen molar-refractivity contribution in [1.82, 2.24) is 19.8 Å². The van der Waals surface area contributed by atoms with Gasteiger partial charge in [0, 0.05) is 44.8 Å². The molecule has 1 fully saturated rings. The van der Waals surface area contributed by atoms with Gasteiger partial charge in [-0.25, -0.2) is 8.42 Å². The highest BCUT2D eigenvalue weighted by atomic mass is 32.2. The van der Waals surface area contributed by atoms with Crippen molar-refractivity contribution in [1.29, 1.82) is 0 Å². The van der Waals surface area contributed by atoms with Gasteiger partial charge >= 0.3 is 0 Å². The van der Waals surface area contributed by atoms with E-state index in [1.165, 1.54) is 0 Å². The maximum absolute atomic E-state index is 12.4. The molecule has 8 nitrogen and oxygen atoms in total. The van der Waals surface area contributed by atoms with Gasteiger partial charge in [-0.1, -0.05) is 0 Å². The second kappa shape index (κ2) is 11.2. The standard InChI is InChI=1S/C18H39N5O3S/c1-7-19-17(20-8-9-21-18(4,5)6)22-10-12-23(13-11-22)27(24,25)15-14-26-16(2)3/h16,21H,7-15H2,1-6H3,(H,19,20). The first-order chi connectivity index (χ1) is 12.5. The van der Waals surface area contributed by atoms with E-state index < -0.39 is 10.0 Å². The minimum absolute atomic E-state index is 0.0395. The van der Waals surface area contributed by atoms with Gasteiger partial charge in [-0.15, -0.1) is 0 Å². The monoisotopic (exact) mass is 405 g/mol. The number of nitrogens with zero attached hydrogens (tertiary/aromatic N) is 3. The summed E-state index contributed by atoms with van der Waals surface area (Å²) in [6.45, 7) is 17.0. The molecule has 1 saturated heterocycles. The number of hydrogen-bond donors (Lipinski definition) is 2. The predicted octanol–water partition coefficient (Wildman–Crippen LogP) is 0.712. The molecule has 0 spiro atoms. The highest BCUT2D eigenvalue weighted by Gasteiger charge is 2.28. The average Bonchev–Trinajstić information content (AvgIpc) is 2.56. The summed E-state index contributed by atoms with van der Waals surface area (Å²) in [6.07, 6.45) is 0.0451. The van der Waals surface area contributed by atoms with Gasteiger partial charge in [-0.2, -0.15) is 4.31 Å². The molecule has 0 radical (unpaired) electrons. The lowest BCUT2D eigenvalue weighted by molar-refractivity contribution is 0.0904. The quantitative estimate of drug-likeness (QED) is 0.334. The number of sulfonamides is 1. The molecule has 1 heterocycles. The summed E-state index contributed by atoms with van der Waals surface area (Å²) in [5.74, 6) is 0.894. The van der Waals surface area contributed by atoms with Crippen molar-refractivity contribution >= 4 is 16.0 Å². The fourth-order valence-corrected chi connectivity index (χ4v) is 4.00. The minimum Gasteiger partial charge on any atom is -0.378 e. The zero-order valence-corrected chi connectivity index (χ0v) is 18.7. The first-order valence-electron chi connectivity index (χ1n) is 9.93. The SMILES string of the molecule is CCNC(=NCCNC(C)(C)C)N1CCN(S(=O)(=O)CCOC(C)C)CC1. The van der Waals surface area contributed by atoms with Crippen LogP contribution >= 0.6 is 0 Å². The number of rotatable bonds is 9.